The Morgan fingerprint density at radius 1 is 1.41 bits per heavy atom. The number of hydrogen-bond acceptors (Lipinski definition) is 2. The minimum atomic E-state index is -0.712. The number of benzene rings is 1. The highest BCUT2D eigenvalue weighted by molar-refractivity contribution is 6.30. The molecule has 0 bridgehead atoms. The molecule has 4 heteroatoms. The van der Waals surface area contributed by atoms with E-state index in [1.807, 2.05) is 31.3 Å². The molecule has 0 aliphatic carbocycles. The van der Waals surface area contributed by atoms with Gasteiger partial charge >= 0.3 is 5.97 Å². The van der Waals surface area contributed by atoms with Gasteiger partial charge in [0, 0.05) is 11.6 Å². The van der Waals surface area contributed by atoms with Crippen LogP contribution < -0.4 is 0 Å². The summed E-state index contributed by atoms with van der Waals surface area (Å²) in [6.45, 7) is 1.56. The fraction of sp³-hybridized carbons (Fsp3) is 0.462. The maximum atomic E-state index is 11.3. The number of rotatable bonds is 2. The van der Waals surface area contributed by atoms with Crippen LogP contribution >= 0.6 is 11.6 Å². The van der Waals surface area contributed by atoms with Gasteiger partial charge < -0.3 is 10.0 Å². The molecule has 1 aromatic rings. The second-order valence-corrected chi connectivity index (χ2v) is 5.09. The summed E-state index contributed by atoms with van der Waals surface area (Å²) in [7, 11) is 1.97. The highest BCUT2D eigenvalue weighted by atomic mass is 35.5. The molecule has 0 radical (unpaired) electrons. The number of piperidine rings is 1. The summed E-state index contributed by atoms with van der Waals surface area (Å²) in [6, 6.07) is 7.53. The quantitative estimate of drug-likeness (QED) is 0.880. The molecule has 17 heavy (non-hydrogen) atoms. The Bertz CT molecular complexity index is 404. The van der Waals surface area contributed by atoms with Gasteiger partial charge in [-0.05, 0) is 43.6 Å². The van der Waals surface area contributed by atoms with Gasteiger partial charge in [-0.1, -0.05) is 23.7 Å². The van der Waals surface area contributed by atoms with E-state index in [0.29, 0.717) is 11.6 Å². The van der Waals surface area contributed by atoms with Crippen LogP contribution in [-0.4, -0.2) is 36.1 Å². The zero-order valence-corrected chi connectivity index (χ0v) is 10.5. The molecule has 1 aliphatic heterocycles. The Kier molecular flexibility index (Phi) is 3.69. The van der Waals surface area contributed by atoms with E-state index in [-0.39, 0.29) is 11.8 Å². The number of carbonyl (C=O) groups is 1. The van der Waals surface area contributed by atoms with Crippen molar-refractivity contribution in [3.63, 3.8) is 0 Å². The second kappa shape index (κ2) is 5.07. The third-order valence-corrected chi connectivity index (χ3v) is 3.68. The van der Waals surface area contributed by atoms with Crippen LogP contribution in [0.4, 0.5) is 0 Å². The first-order valence-electron chi connectivity index (χ1n) is 5.74. The van der Waals surface area contributed by atoms with Crippen LogP contribution in [-0.2, 0) is 4.79 Å². The van der Waals surface area contributed by atoms with Gasteiger partial charge in [-0.15, -0.1) is 0 Å². The van der Waals surface area contributed by atoms with Crippen molar-refractivity contribution in [2.75, 3.05) is 20.1 Å². The molecule has 2 atom stereocenters. The fourth-order valence-corrected chi connectivity index (χ4v) is 2.60. The summed E-state index contributed by atoms with van der Waals surface area (Å²) in [6.07, 6.45) is 0.884. The Labute approximate surface area is 106 Å². The summed E-state index contributed by atoms with van der Waals surface area (Å²) in [5, 5.41) is 9.98. The predicted molar refractivity (Wildman–Crippen MR) is 67.4 cm³/mol. The van der Waals surface area contributed by atoms with Crippen LogP contribution in [0, 0.1) is 5.92 Å². The van der Waals surface area contributed by atoms with Crippen LogP contribution in [0.25, 0.3) is 0 Å². The minimum Gasteiger partial charge on any atom is -0.481 e. The molecule has 0 saturated carbocycles. The first kappa shape index (κ1) is 12.4. The maximum absolute atomic E-state index is 11.3. The molecule has 0 spiro atoms. The molecule has 1 heterocycles. The van der Waals surface area contributed by atoms with Gasteiger partial charge in [-0.3, -0.25) is 4.79 Å². The molecule has 0 amide bonds. The average Bonchev–Trinajstić information content (AvgIpc) is 2.30. The van der Waals surface area contributed by atoms with Crippen LogP contribution in [0.2, 0.25) is 5.02 Å². The van der Waals surface area contributed by atoms with Gasteiger partial charge in [0.05, 0.1) is 5.92 Å². The normalized spacial score (nSPS) is 25.8. The van der Waals surface area contributed by atoms with Gasteiger partial charge in [0.2, 0.25) is 0 Å². The van der Waals surface area contributed by atoms with E-state index in [9.17, 15) is 9.90 Å². The topological polar surface area (TPSA) is 40.5 Å². The number of hydrogen-bond donors (Lipinski definition) is 1. The Balaban J connectivity index is 2.23. The molecule has 1 fully saturated rings. The van der Waals surface area contributed by atoms with Gasteiger partial charge in [-0.25, -0.2) is 0 Å². The first-order valence-corrected chi connectivity index (χ1v) is 6.12. The van der Waals surface area contributed by atoms with E-state index < -0.39 is 5.97 Å². The SMILES string of the molecule is CN1CC[C@@H](c2ccc(Cl)cc2)[C@H](C(=O)O)C1. The van der Waals surface area contributed by atoms with Gasteiger partial charge in [0.15, 0.2) is 0 Å². The standard InChI is InChI=1S/C13H16ClNO2/c1-15-7-6-11(12(8-15)13(16)17)9-2-4-10(14)5-3-9/h2-5,11-12H,6-8H2,1H3,(H,16,17)/t11-,12+/m0/s1. The number of carboxylic acids is 1. The molecule has 0 aromatic heterocycles. The van der Waals surface area contributed by atoms with E-state index in [1.165, 1.54) is 0 Å². The third-order valence-electron chi connectivity index (χ3n) is 3.43. The van der Waals surface area contributed by atoms with Crippen LogP contribution in [0.15, 0.2) is 24.3 Å². The lowest BCUT2D eigenvalue weighted by Crippen LogP contribution is -2.40. The minimum absolute atomic E-state index is 0.0981. The van der Waals surface area contributed by atoms with E-state index in [0.717, 1.165) is 18.5 Å². The smallest absolute Gasteiger partial charge is 0.308 e. The molecule has 2 rings (SSSR count). The maximum Gasteiger partial charge on any atom is 0.308 e. The van der Waals surface area contributed by atoms with Crippen molar-refractivity contribution in [3.05, 3.63) is 34.9 Å². The van der Waals surface area contributed by atoms with Crippen molar-refractivity contribution < 1.29 is 9.90 Å². The first-order chi connectivity index (χ1) is 8.08. The largest absolute Gasteiger partial charge is 0.481 e. The zero-order chi connectivity index (χ0) is 12.4. The molecule has 92 valence electrons. The predicted octanol–water partition coefficient (Wildman–Crippen LogP) is 2.46. The van der Waals surface area contributed by atoms with Gasteiger partial charge in [0.1, 0.15) is 0 Å². The molecular formula is C13H16ClNO2. The molecular weight excluding hydrogens is 238 g/mol. The van der Waals surface area contributed by atoms with Gasteiger partial charge in [-0.2, -0.15) is 0 Å². The zero-order valence-electron chi connectivity index (χ0n) is 9.77. The molecule has 0 unspecified atom stereocenters. The Morgan fingerprint density at radius 3 is 2.65 bits per heavy atom. The fourth-order valence-electron chi connectivity index (χ4n) is 2.47. The average molecular weight is 254 g/mol. The summed E-state index contributed by atoms with van der Waals surface area (Å²) in [5.41, 5.74) is 1.08. The van der Waals surface area contributed by atoms with Crippen LogP contribution in [0.1, 0.15) is 17.9 Å². The lowest BCUT2D eigenvalue weighted by molar-refractivity contribution is -0.144. The van der Waals surface area contributed by atoms with Crippen molar-refractivity contribution in [3.8, 4) is 0 Å². The van der Waals surface area contributed by atoms with Crippen molar-refractivity contribution in [1.29, 1.82) is 0 Å². The number of likely N-dealkylation sites (tertiary alicyclic amines) is 1. The van der Waals surface area contributed by atoms with Crippen LogP contribution in [0.3, 0.4) is 0 Å². The van der Waals surface area contributed by atoms with E-state index in [4.69, 9.17) is 11.6 Å². The molecule has 1 N–H and O–H groups in total. The summed E-state index contributed by atoms with van der Waals surface area (Å²) < 4.78 is 0. The second-order valence-electron chi connectivity index (χ2n) is 4.65. The van der Waals surface area contributed by atoms with Crippen LogP contribution in [0.5, 0.6) is 0 Å². The van der Waals surface area contributed by atoms with E-state index in [1.54, 1.807) is 0 Å². The lowest BCUT2D eigenvalue weighted by atomic mass is 9.80. The molecule has 1 aromatic carbocycles. The van der Waals surface area contributed by atoms with Crippen molar-refractivity contribution in [1.82, 2.24) is 4.90 Å². The molecule has 1 saturated heterocycles. The van der Waals surface area contributed by atoms with Crippen molar-refractivity contribution in [2.24, 2.45) is 5.92 Å². The number of nitrogens with zero attached hydrogens (tertiary/aromatic N) is 1. The Hall–Kier alpha value is -1.06. The number of carboxylic acid groups (broad SMARTS) is 1. The highest BCUT2D eigenvalue weighted by Gasteiger charge is 2.33. The number of halogens is 1. The van der Waals surface area contributed by atoms with Gasteiger partial charge in [0.25, 0.3) is 0 Å². The number of aliphatic carboxylic acids is 1. The van der Waals surface area contributed by atoms with Crippen molar-refractivity contribution in [2.45, 2.75) is 12.3 Å². The molecule has 1 aliphatic rings. The van der Waals surface area contributed by atoms with E-state index in [2.05, 4.69) is 4.90 Å². The summed E-state index contributed by atoms with van der Waals surface area (Å²) in [5.74, 6) is -0.938. The third kappa shape index (κ3) is 2.79. The summed E-state index contributed by atoms with van der Waals surface area (Å²) >= 11 is 5.85. The van der Waals surface area contributed by atoms with E-state index >= 15 is 0 Å². The lowest BCUT2D eigenvalue weighted by Gasteiger charge is -2.34. The monoisotopic (exact) mass is 253 g/mol. The molecule has 3 nitrogen and oxygen atoms in total. The summed E-state index contributed by atoms with van der Waals surface area (Å²) in [4.78, 5) is 13.4. The highest BCUT2D eigenvalue weighted by Crippen LogP contribution is 2.33. The Morgan fingerprint density at radius 2 is 2.06 bits per heavy atom. The van der Waals surface area contributed by atoms with Crippen molar-refractivity contribution >= 4 is 17.6 Å².